The summed E-state index contributed by atoms with van der Waals surface area (Å²) in [5.74, 6) is 1.04. The monoisotopic (exact) mass is 289 g/mol. The van der Waals surface area contributed by atoms with E-state index in [9.17, 15) is 4.39 Å². The molecule has 0 saturated carbocycles. The fourth-order valence-corrected chi connectivity index (χ4v) is 2.18. The van der Waals surface area contributed by atoms with E-state index in [-0.39, 0.29) is 11.9 Å². The average molecular weight is 289 g/mol. The number of methoxy groups -OCH3 is 1. The number of hydrogen-bond acceptors (Lipinski definition) is 3. The van der Waals surface area contributed by atoms with E-state index in [1.807, 2.05) is 25.1 Å². The van der Waals surface area contributed by atoms with Crippen LogP contribution in [-0.4, -0.2) is 7.11 Å². The summed E-state index contributed by atoms with van der Waals surface area (Å²) in [6.45, 7) is 4.15. The molecule has 0 aliphatic rings. The fourth-order valence-electron chi connectivity index (χ4n) is 2.18. The highest BCUT2D eigenvalue weighted by molar-refractivity contribution is 5.39. The van der Waals surface area contributed by atoms with Gasteiger partial charge in [0.1, 0.15) is 23.9 Å². The Balaban J connectivity index is 2.22. The van der Waals surface area contributed by atoms with E-state index in [0.29, 0.717) is 17.9 Å². The molecule has 0 radical (unpaired) electrons. The lowest BCUT2D eigenvalue weighted by Gasteiger charge is -2.15. The van der Waals surface area contributed by atoms with Crippen molar-refractivity contribution < 1.29 is 13.9 Å². The standard InChI is InChI=1S/C17H20FNO2/c1-11-4-6-16(20-3)13(8-11)10-21-17-7-5-14(18)9-15(17)12(2)19/h4-9,12H,10,19H2,1-3H3/t12-/m1/s1. The molecule has 2 rings (SSSR count). The number of aryl methyl sites for hydroxylation is 1. The highest BCUT2D eigenvalue weighted by Gasteiger charge is 2.11. The molecule has 0 amide bonds. The molecule has 0 spiro atoms. The Morgan fingerprint density at radius 2 is 1.86 bits per heavy atom. The van der Waals surface area contributed by atoms with Crippen LogP contribution in [0.15, 0.2) is 36.4 Å². The van der Waals surface area contributed by atoms with Crippen molar-refractivity contribution in [2.45, 2.75) is 26.5 Å². The summed E-state index contributed by atoms with van der Waals surface area (Å²) >= 11 is 0. The van der Waals surface area contributed by atoms with Gasteiger partial charge >= 0.3 is 0 Å². The predicted octanol–water partition coefficient (Wildman–Crippen LogP) is 3.74. The molecule has 0 aliphatic carbocycles. The minimum absolute atomic E-state index is 0.296. The minimum atomic E-state index is -0.317. The largest absolute Gasteiger partial charge is 0.496 e. The van der Waals surface area contributed by atoms with Crippen LogP contribution in [0.25, 0.3) is 0 Å². The van der Waals surface area contributed by atoms with Gasteiger partial charge in [0.05, 0.1) is 7.11 Å². The number of rotatable bonds is 5. The quantitative estimate of drug-likeness (QED) is 0.912. The van der Waals surface area contributed by atoms with Gasteiger partial charge in [0, 0.05) is 17.2 Å². The van der Waals surface area contributed by atoms with Crippen LogP contribution >= 0.6 is 0 Å². The van der Waals surface area contributed by atoms with Crippen molar-refractivity contribution in [2.75, 3.05) is 7.11 Å². The number of ether oxygens (including phenoxy) is 2. The summed E-state index contributed by atoms with van der Waals surface area (Å²) in [6.07, 6.45) is 0. The zero-order valence-corrected chi connectivity index (χ0v) is 12.5. The van der Waals surface area contributed by atoms with Crippen LogP contribution in [0.1, 0.15) is 29.7 Å². The first kappa shape index (κ1) is 15.3. The van der Waals surface area contributed by atoms with Crippen LogP contribution in [-0.2, 0) is 6.61 Å². The molecule has 112 valence electrons. The summed E-state index contributed by atoms with van der Waals surface area (Å²) in [6, 6.07) is 9.99. The second-order valence-electron chi connectivity index (χ2n) is 5.07. The zero-order chi connectivity index (χ0) is 15.4. The van der Waals surface area contributed by atoms with Gasteiger partial charge in [0.2, 0.25) is 0 Å². The third-order valence-electron chi connectivity index (χ3n) is 3.28. The molecule has 0 bridgehead atoms. The predicted molar refractivity (Wildman–Crippen MR) is 81.1 cm³/mol. The topological polar surface area (TPSA) is 44.5 Å². The summed E-state index contributed by atoms with van der Waals surface area (Å²) in [5, 5.41) is 0. The summed E-state index contributed by atoms with van der Waals surface area (Å²) in [7, 11) is 1.62. The number of benzene rings is 2. The molecule has 0 saturated heterocycles. The van der Waals surface area contributed by atoms with E-state index in [1.54, 1.807) is 20.1 Å². The van der Waals surface area contributed by atoms with Crippen molar-refractivity contribution >= 4 is 0 Å². The molecule has 3 nitrogen and oxygen atoms in total. The van der Waals surface area contributed by atoms with Crippen molar-refractivity contribution in [3.8, 4) is 11.5 Å². The van der Waals surface area contributed by atoms with Crippen LogP contribution in [0, 0.1) is 12.7 Å². The molecule has 0 fully saturated rings. The number of halogens is 1. The molecule has 0 unspecified atom stereocenters. The normalized spacial score (nSPS) is 12.0. The first-order chi connectivity index (χ1) is 10.0. The molecule has 2 aromatic carbocycles. The van der Waals surface area contributed by atoms with Crippen LogP contribution in [0.4, 0.5) is 4.39 Å². The minimum Gasteiger partial charge on any atom is -0.496 e. The lowest BCUT2D eigenvalue weighted by atomic mass is 10.1. The zero-order valence-electron chi connectivity index (χ0n) is 12.5. The molecule has 0 aliphatic heterocycles. The molecular weight excluding hydrogens is 269 g/mol. The lowest BCUT2D eigenvalue weighted by Crippen LogP contribution is -2.09. The molecule has 4 heteroatoms. The number of hydrogen-bond donors (Lipinski definition) is 1. The van der Waals surface area contributed by atoms with E-state index in [1.165, 1.54) is 12.1 Å². The molecule has 21 heavy (non-hydrogen) atoms. The van der Waals surface area contributed by atoms with Gasteiger partial charge < -0.3 is 15.2 Å². The molecule has 1 atom stereocenters. The summed E-state index contributed by atoms with van der Waals surface area (Å²) in [5.41, 5.74) is 8.58. The Morgan fingerprint density at radius 1 is 1.14 bits per heavy atom. The first-order valence-electron chi connectivity index (χ1n) is 6.82. The van der Waals surface area contributed by atoms with Crippen LogP contribution in [0.5, 0.6) is 11.5 Å². The van der Waals surface area contributed by atoms with Gasteiger partial charge in [-0.1, -0.05) is 11.6 Å². The Bertz CT molecular complexity index is 626. The van der Waals surface area contributed by atoms with Crippen molar-refractivity contribution in [1.29, 1.82) is 0 Å². The van der Waals surface area contributed by atoms with E-state index < -0.39 is 0 Å². The van der Waals surface area contributed by atoms with Gasteiger partial charge in [-0.2, -0.15) is 0 Å². The van der Waals surface area contributed by atoms with Crippen molar-refractivity contribution in [1.82, 2.24) is 0 Å². The van der Waals surface area contributed by atoms with Crippen LogP contribution < -0.4 is 15.2 Å². The van der Waals surface area contributed by atoms with E-state index >= 15 is 0 Å². The highest BCUT2D eigenvalue weighted by atomic mass is 19.1. The Kier molecular flexibility index (Phi) is 4.81. The van der Waals surface area contributed by atoms with Crippen molar-refractivity contribution in [2.24, 2.45) is 5.73 Å². The molecule has 2 N–H and O–H groups in total. The van der Waals surface area contributed by atoms with E-state index in [2.05, 4.69) is 0 Å². The lowest BCUT2D eigenvalue weighted by molar-refractivity contribution is 0.292. The second-order valence-corrected chi connectivity index (χ2v) is 5.07. The molecule has 0 aromatic heterocycles. The maximum Gasteiger partial charge on any atom is 0.125 e. The fraction of sp³-hybridized carbons (Fsp3) is 0.294. The van der Waals surface area contributed by atoms with E-state index in [0.717, 1.165) is 16.9 Å². The first-order valence-corrected chi connectivity index (χ1v) is 6.82. The Morgan fingerprint density at radius 3 is 2.52 bits per heavy atom. The van der Waals surface area contributed by atoms with Gasteiger partial charge in [0.15, 0.2) is 0 Å². The maximum atomic E-state index is 13.3. The van der Waals surface area contributed by atoms with Gasteiger partial charge in [-0.15, -0.1) is 0 Å². The van der Waals surface area contributed by atoms with Gasteiger partial charge in [-0.25, -0.2) is 4.39 Å². The second kappa shape index (κ2) is 6.59. The van der Waals surface area contributed by atoms with Crippen LogP contribution in [0.3, 0.4) is 0 Å². The van der Waals surface area contributed by atoms with Crippen molar-refractivity contribution in [3.05, 3.63) is 58.9 Å². The number of nitrogens with two attached hydrogens (primary N) is 1. The van der Waals surface area contributed by atoms with Crippen LogP contribution in [0.2, 0.25) is 0 Å². The maximum absolute atomic E-state index is 13.3. The molecular formula is C17H20FNO2. The summed E-state index contributed by atoms with van der Waals surface area (Å²) in [4.78, 5) is 0. The highest BCUT2D eigenvalue weighted by Crippen LogP contribution is 2.27. The molecule has 2 aromatic rings. The average Bonchev–Trinajstić information content (AvgIpc) is 2.46. The van der Waals surface area contributed by atoms with Gasteiger partial charge in [0.25, 0.3) is 0 Å². The summed E-state index contributed by atoms with van der Waals surface area (Å²) < 4.78 is 24.4. The smallest absolute Gasteiger partial charge is 0.125 e. The van der Waals surface area contributed by atoms with E-state index in [4.69, 9.17) is 15.2 Å². The Hall–Kier alpha value is -2.07. The third kappa shape index (κ3) is 3.73. The van der Waals surface area contributed by atoms with Gasteiger partial charge in [-0.3, -0.25) is 0 Å². The Labute approximate surface area is 124 Å². The van der Waals surface area contributed by atoms with Crippen molar-refractivity contribution in [3.63, 3.8) is 0 Å². The molecule has 0 heterocycles. The van der Waals surface area contributed by atoms with Gasteiger partial charge in [-0.05, 0) is 44.2 Å². The third-order valence-corrected chi connectivity index (χ3v) is 3.28. The SMILES string of the molecule is COc1ccc(C)cc1COc1ccc(F)cc1[C@@H](C)N.